The standard InChI is InChI=1S/C23H31N3O8S2/c1-16(24-18(21(28)29)9-8-17-6-3-2-4-7-17)20(27)25-15-23(35-12-13-36-23)14-19(25)22(30)33-10-5-11-34-26(31)32/h2-4,6-7,16,18-19,24H,5,8-15H2,1H3,(H,28,29). The van der Waals surface area contributed by atoms with Crippen molar-refractivity contribution in [1.82, 2.24) is 10.2 Å². The highest BCUT2D eigenvalue weighted by atomic mass is 32.2. The third-order valence-electron chi connectivity index (χ3n) is 6.07. The summed E-state index contributed by atoms with van der Waals surface area (Å²) in [5.41, 5.74) is 1.01. The third-order valence-corrected chi connectivity index (χ3v) is 9.50. The van der Waals surface area contributed by atoms with Crippen molar-refractivity contribution in [3.8, 4) is 0 Å². The van der Waals surface area contributed by atoms with Crippen LogP contribution in [0.1, 0.15) is 31.7 Å². The predicted molar refractivity (Wildman–Crippen MR) is 135 cm³/mol. The number of nitrogens with one attached hydrogen (secondary N) is 1. The Balaban J connectivity index is 1.61. The van der Waals surface area contributed by atoms with E-state index >= 15 is 0 Å². The number of nitrogens with zero attached hydrogens (tertiary/aromatic N) is 2. The van der Waals surface area contributed by atoms with Gasteiger partial charge in [0, 0.05) is 30.9 Å². The van der Waals surface area contributed by atoms with Gasteiger partial charge in [0.2, 0.25) is 5.91 Å². The molecule has 0 aromatic heterocycles. The summed E-state index contributed by atoms with van der Waals surface area (Å²) in [5.74, 6) is -0.134. The molecule has 13 heteroatoms. The van der Waals surface area contributed by atoms with Gasteiger partial charge >= 0.3 is 11.9 Å². The van der Waals surface area contributed by atoms with Crippen molar-refractivity contribution in [3.63, 3.8) is 0 Å². The number of likely N-dealkylation sites (tertiary alicyclic amines) is 1. The zero-order valence-corrected chi connectivity index (χ0v) is 21.6. The molecule has 11 nitrogen and oxygen atoms in total. The first-order chi connectivity index (χ1) is 17.2. The summed E-state index contributed by atoms with van der Waals surface area (Å²) in [5, 5.41) is 22.0. The van der Waals surface area contributed by atoms with Crippen molar-refractivity contribution in [3.05, 3.63) is 46.0 Å². The Morgan fingerprint density at radius 1 is 1.25 bits per heavy atom. The molecule has 198 valence electrons. The van der Waals surface area contributed by atoms with E-state index in [-0.39, 0.29) is 29.6 Å². The van der Waals surface area contributed by atoms with Crippen LogP contribution in [-0.2, 0) is 30.4 Å². The van der Waals surface area contributed by atoms with Crippen molar-refractivity contribution in [2.75, 3.05) is 31.3 Å². The highest BCUT2D eigenvalue weighted by molar-refractivity contribution is 8.21. The molecule has 2 N–H and O–H groups in total. The monoisotopic (exact) mass is 541 g/mol. The first-order valence-corrected chi connectivity index (χ1v) is 13.7. The van der Waals surface area contributed by atoms with E-state index in [9.17, 15) is 29.6 Å². The lowest BCUT2D eigenvalue weighted by Crippen LogP contribution is -2.53. The quantitative estimate of drug-likeness (QED) is 0.163. The average Bonchev–Trinajstić information content (AvgIpc) is 3.47. The zero-order valence-electron chi connectivity index (χ0n) is 20.0. The molecule has 3 unspecified atom stereocenters. The fourth-order valence-electron chi connectivity index (χ4n) is 4.31. The first-order valence-electron chi connectivity index (χ1n) is 11.8. The summed E-state index contributed by atoms with van der Waals surface area (Å²) in [6, 6.07) is 6.97. The van der Waals surface area contributed by atoms with E-state index in [2.05, 4.69) is 10.2 Å². The molecule has 1 aromatic rings. The van der Waals surface area contributed by atoms with Crippen LogP contribution >= 0.6 is 23.5 Å². The van der Waals surface area contributed by atoms with Crippen LogP contribution in [0.4, 0.5) is 0 Å². The van der Waals surface area contributed by atoms with Crippen LogP contribution in [0.2, 0.25) is 0 Å². The van der Waals surface area contributed by atoms with Gasteiger partial charge in [0.1, 0.15) is 12.1 Å². The number of hydrogen-bond donors (Lipinski definition) is 2. The van der Waals surface area contributed by atoms with Gasteiger partial charge < -0.3 is 19.6 Å². The summed E-state index contributed by atoms with van der Waals surface area (Å²) < 4.78 is 5.01. The number of carboxylic acids is 1. The van der Waals surface area contributed by atoms with Gasteiger partial charge in [0.15, 0.2) is 0 Å². The maximum absolute atomic E-state index is 13.4. The SMILES string of the molecule is CC(NC(CCc1ccccc1)C(=O)O)C(=O)N1CC2(CC1C(=O)OCCCO[N+](=O)[O-])SCCS2. The fourth-order valence-corrected chi connectivity index (χ4v) is 7.57. The Morgan fingerprint density at radius 3 is 2.58 bits per heavy atom. The normalized spacial score (nSPS) is 20.1. The van der Waals surface area contributed by atoms with E-state index < -0.39 is 35.2 Å². The number of aryl methyl sites for hydroxylation is 1. The number of hydrogen-bond acceptors (Lipinski definition) is 10. The summed E-state index contributed by atoms with van der Waals surface area (Å²) >= 11 is 3.44. The summed E-state index contributed by atoms with van der Waals surface area (Å²) in [6.45, 7) is 1.72. The van der Waals surface area contributed by atoms with Crippen LogP contribution < -0.4 is 5.32 Å². The maximum Gasteiger partial charge on any atom is 0.328 e. The topological polar surface area (TPSA) is 148 Å². The molecule has 1 amide bonds. The third kappa shape index (κ3) is 7.74. The summed E-state index contributed by atoms with van der Waals surface area (Å²) in [6.07, 6.45) is 1.44. The Labute approximate surface area is 217 Å². The number of carbonyl (C=O) groups is 3. The number of ether oxygens (including phenoxy) is 1. The van der Waals surface area contributed by atoms with Crippen molar-refractivity contribution >= 4 is 41.4 Å². The minimum atomic E-state index is -1.04. The lowest BCUT2D eigenvalue weighted by atomic mass is 10.0. The van der Waals surface area contributed by atoms with Gasteiger partial charge in [-0.25, -0.2) is 4.79 Å². The van der Waals surface area contributed by atoms with Gasteiger partial charge in [-0.15, -0.1) is 33.6 Å². The van der Waals surface area contributed by atoms with E-state index in [1.165, 1.54) is 4.90 Å². The van der Waals surface area contributed by atoms with Crippen molar-refractivity contribution in [2.24, 2.45) is 0 Å². The average molecular weight is 542 g/mol. The second-order valence-corrected chi connectivity index (χ2v) is 11.9. The number of rotatable bonds is 13. The molecule has 0 radical (unpaired) electrons. The van der Waals surface area contributed by atoms with Crippen LogP contribution in [0.25, 0.3) is 0 Å². The lowest BCUT2D eigenvalue weighted by Gasteiger charge is -2.28. The van der Waals surface area contributed by atoms with Gasteiger partial charge in [0.25, 0.3) is 5.09 Å². The van der Waals surface area contributed by atoms with E-state index in [0.717, 1.165) is 17.1 Å². The number of carbonyl (C=O) groups excluding carboxylic acids is 2. The van der Waals surface area contributed by atoms with E-state index in [1.807, 2.05) is 30.3 Å². The molecule has 2 saturated heterocycles. The maximum atomic E-state index is 13.4. The minimum Gasteiger partial charge on any atom is -0.480 e. The van der Waals surface area contributed by atoms with Gasteiger partial charge in [0.05, 0.1) is 23.3 Å². The molecule has 2 aliphatic heterocycles. The molecule has 2 aliphatic rings. The number of carboxylic acid groups (broad SMARTS) is 1. The number of amides is 1. The first kappa shape index (κ1) is 28.1. The molecule has 3 rings (SSSR count). The number of aliphatic carboxylic acids is 1. The van der Waals surface area contributed by atoms with Crippen LogP contribution in [-0.4, -0.2) is 86.4 Å². The lowest BCUT2D eigenvalue weighted by molar-refractivity contribution is -0.757. The molecule has 1 spiro atoms. The van der Waals surface area contributed by atoms with Crippen LogP contribution in [0.5, 0.6) is 0 Å². The number of esters is 1. The molecule has 0 saturated carbocycles. The Bertz CT molecular complexity index is 929. The van der Waals surface area contributed by atoms with E-state index in [0.29, 0.717) is 25.8 Å². The minimum absolute atomic E-state index is 0.0626. The van der Waals surface area contributed by atoms with Gasteiger partial charge in [-0.1, -0.05) is 30.3 Å². The predicted octanol–water partition coefficient (Wildman–Crippen LogP) is 1.97. The number of benzene rings is 1. The number of thioether (sulfide) groups is 2. The fraction of sp³-hybridized carbons (Fsp3) is 0.609. The van der Waals surface area contributed by atoms with Crippen molar-refractivity contribution in [1.29, 1.82) is 0 Å². The molecule has 3 atom stereocenters. The summed E-state index contributed by atoms with van der Waals surface area (Å²) in [7, 11) is 0. The molecular weight excluding hydrogens is 510 g/mol. The highest BCUT2D eigenvalue weighted by Gasteiger charge is 2.52. The van der Waals surface area contributed by atoms with Crippen molar-refractivity contribution in [2.45, 2.75) is 54.8 Å². The van der Waals surface area contributed by atoms with Gasteiger partial charge in [-0.2, -0.15) is 0 Å². The highest BCUT2D eigenvalue weighted by Crippen LogP contribution is 2.52. The molecule has 0 aliphatic carbocycles. The van der Waals surface area contributed by atoms with E-state index in [1.54, 1.807) is 30.4 Å². The summed E-state index contributed by atoms with van der Waals surface area (Å²) in [4.78, 5) is 54.2. The Hall–Kier alpha value is -2.51. The molecule has 1 aromatic carbocycles. The van der Waals surface area contributed by atoms with Crippen LogP contribution in [0.15, 0.2) is 30.3 Å². The molecular formula is C23H31N3O8S2. The van der Waals surface area contributed by atoms with Crippen molar-refractivity contribution < 1.29 is 34.2 Å². The van der Waals surface area contributed by atoms with Gasteiger partial charge in [-0.05, 0) is 25.3 Å². The Morgan fingerprint density at radius 2 is 1.94 bits per heavy atom. The van der Waals surface area contributed by atoms with E-state index in [4.69, 9.17) is 4.74 Å². The molecule has 2 heterocycles. The van der Waals surface area contributed by atoms with Gasteiger partial charge in [-0.3, -0.25) is 14.9 Å². The molecule has 2 fully saturated rings. The smallest absolute Gasteiger partial charge is 0.328 e. The second kappa shape index (κ2) is 13.2. The van der Waals surface area contributed by atoms with Crippen LogP contribution in [0, 0.1) is 10.1 Å². The van der Waals surface area contributed by atoms with Crippen LogP contribution in [0.3, 0.4) is 0 Å². The largest absolute Gasteiger partial charge is 0.480 e. The Kier molecular flexibility index (Phi) is 10.3. The molecule has 0 bridgehead atoms. The molecule has 36 heavy (non-hydrogen) atoms. The second-order valence-electron chi connectivity index (χ2n) is 8.68. The zero-order chi connectivity index (χ0) is 26.1.